The highest BCUT2D eigenvalue weighted by atomic mass is 16.3. The van der Waals surface area contributed by atoms with E-state index in [4.69, 9.17) is 10.8 Å². The molecule has 2 aromatic heterocycles. The first-order valence-corrected chi connectivity index (χ1v) is 4.46. The van der Waals surface area contributed by atoms with Crippen molar-refractivity contribution in [3.05, 3.63) is 30.4 Å². The highest BCUT2D eigenvalue weighted by Crippen LogP contribution is 2.16. The zero-order valence-corrected chi connectivity index (χ0v) is 7.67. The van der Waals surface area contributed by atoms with Gasteiger partial charge in [0.05, 0.1) is 24.0 Å². The summed E-state index contributed by atoms with van der Waals surface area (Å²) in [5.41, 5.74) is 7.25. The second kappa shape index (κ2) is 3.73. The van der Waals surface area contributed by atoms with E-state index in [0.717, 1.165) is 11.2 Å². The summed E-state index contributed by atoms with van der Waals surface area (Å²) in [6.07, 6.45) is 5.13. The standard InChI is InChI=1S/C9H12N4O/c10-5-7(6-14)9-8-1-2-12-13(8)4-3-11-9/h1-4,7,14H,5-6,10H2. The second-order valence-electron chi connectivity index (χ2n) is 3.09. The summed E-state index contributed by atoms with van der Waals surface area (Å²) < 4.78 is 1.72. The molecule has 2 rings (SSSR count). The lowest BCUT2D eigenvalue weighted by Crippen LogP contribution is -2.18. The van der Waals surface area contributed by atoms with E-state index in [-0.39, 0.29) is 12.5 Å². The van der Waals surface area contributed by atoms with Crippen LogP contribution in [0.3, 0.4) is 0 Å². The van der Waals surface area contributed by atoms with Gasteiger partial charge in [-0.2, -0.15) is 5.10 Å². The highest BCUT2D eigenvalue weighted by Gasteiger charge is 2.13. The van der Waals surface area contributed by atoms with E-state index in [1.54, 1.807) is 23.1 Å². The Kier molecular flexibility index (Phi) is 2.43. The summed E-state index contributed by atoms with van der Waals surface area (Å²) in [4.78, 5) is 4.22. The minimum absolute atomic E-state index is 0.00829. The fourth-order valence-electron chi connectivity index (χ4n) is 1.47. The van der Waals surface area contributed by atoms with Crippen LogP contribution in [0.15, 0.2) is 24.7 Å². The van der Waals surface area contributed by atoms with Gasteiger partial charge in [0.15, 0.2) is 0 Å². The molecular weight excluding hydrogens is 180 g/mol. The minimum atomic E-state index is -0.115. The minimum Gasteiger partial charge on any atom is -0.396 e. The van der Waals surface area contributed by atoms with Crippen LogP contribution in [-0.2, 0) is 0 Å². The van der Waals surface area contributed by atoms with Gasteiger partial charge in [0, 0.05) is 24.9 Å². The molecule has 1 unspecified atom stereocenters. The SMILES string of the molecule is NCC(CO)c1nccn2nccc12. The fourth-order valence-corrected chi connectivity index (χ4v) is 1.47. The van der Waals surface area contributed by atoms with Gasteiger partial charge < -0.3 is 10.8 Å². The molecule has 0 aliphatic rings. The van der Waals surface area contributed by atoms with E-state index in [0.29, 0.717) is 6.54 Å². The molecule has 1 atom stereocenters. The molecule has 74 valence electrons. The van der Waals surface area contributed by atoms with Gasteiger partial charge in [0.1, 0.15) is 0 Å². The predicted octanol–water partition coefficient (Wildman–Crippen LogP) is -0.236. The van der Waals surface area contributed by atoms with Crippen LogP contribution in [-0.4, -0.2) is 32.9 Å². The van der Waals surface area contributed by atoms with Crippen molar-refractivity contribution in [1.82, 2.24) is 14.6 Å². The normalized spacial score (nSPS) is 13.3. The van der Waals surface area contributed by atoms with Gasteiger partial charge in [-0.1, -0.05) is 0 Å². The van der Waals surface area contributed by atoms with E-state index in [1.807, 2.05) is 6.07 Å². The summed E-state index contributed by atoms with van der Waals surface area (Å²) in [6.45, 7) is 0.392. The maximum Gasteiger partial charge on any atom is 0.0881 e. The van der Waals surface area contributed by atoms with Crippen molar-refractivity contribution in [2.24, 2.45) is 5.73 Å². The van der Waals surface area contributed by atoms with Crippen LogP contribution < -0.4 is 5.73 Å². The van der Waals surface area contributed by atoms with E-state index < -0.39 is 0 Å². The van der Waals surface area contributed by atoms with Gasteiger partial charge >= 0.3 is 0 Å². The number of fused-ring (bicyclic) bond motifs is 1. The fraction of sp³-hybridized carbons (Fsp3) is 0.333. The molecule has 3 N–H and O–H groups in total. The second-order valence-corrected chi connectivity index (χ2v) is 3.09. The summed E-state index contributed by atoms with van der Waals surface area (Å²) in [5.74, 6) is -0.115. The Bertz CT molecular complexity index is 421. The van der Waals surface area contributed by atoms with Crippen molar-refractivity contribution in [3.8, 4) is 0 Å². The number of aliphatic hydroxyl groups is 1. The van der Waals surface area contributed by atoms with Crippen molar-refractivity contribution >= 4 is 5.52 Å². The predicted molar refractivity (Wildman–Crippen MR) is 51.9 cm³/mol. The third-order valence-corrected chi connectivity index (χ3v) is 2.25. The van der Waals surface area contributed by atoms with Crippen molar-refractivity contribution in [2.45, 2.75) is 5.92 Å². The Hall–Kier alpha value is -1.46. The Morgan fingerprint density at radius 3 is 3.07 bits per heavy atom. The van der Waals surface area contributed by atoms with E-state index in [9.17, 15) is 0 Å². The number of nitrogens with zero attached hydrogens (tertiary/aromatic N) is 3. The number of aromatic nitrogens is 3. The zero-order chi connectivity index (χ0) is 9.97. The van der Waals surface area contributed by atoms with Crippen molar-refractivity contribution in [3.63, 3.8) is 0 Å². The van der Waals surface area contributed by atoms with Gasteiger partial charge in [-0.25, -0.2) is 4.52 Å². The molecule has 0 bridgehead atoms. The molecule has 2 heterocycles. The van der Waals surface area contributed by atoms with Gasteiger partial charge in [0.25, 0.3) is 0 Å². The molecule has 14 heavy (non-hydrogen) atoms. The Labute approximate surface area is 81.2 Å². The lowest BCUT2D eigenvalue weighted by atomic mass is 10.1. The Morgan fingerprint density at radius 1 is 1.50 bits per heavy atom. The van der Waals surface area contributed by atoms with Crippen LogP contribution in [0.2, 0.25) is 0 Å². The Balaban J connectivity index is 2.54. The number of rotatable bonds is 3. The molecule has 0 fully saturated rings. The number of hydrogen-bond donors (Lipinski definition) is 2. The molecule has 0 aliphatic carbocycles. The Morgan fingerprint density at radius 2 is 2.36 bits per heavy atom. The van der Waals surface area contributed by atoms with Gasteiger partial charge in [0.2, 0.25) is 0 Å². The van der Waals surface area contributed by atoms with Crippen LogP contribution in [0.4, 0.5) is 0 Å². The zero-order valence-electron chi connectivity index (χ0n) is 7.67. The van der Waals surface area contributed by atoms with Crippen molar-refractivity contribution in [2.75, 3.05) is 13.2 Å². The average molecular weight is 192 g/mol. The average Bonchev–Trinajstić information content (AvgIpc) is 2.68. The van der Waals surface area contributed by atoms with Gasteiger partial charge in [-0.15, -0.1) is 0 Å². The van der Waals surface area contributed by atoms with Gasteiger partial charge in [-0.05, 0) is 6.07 Å². The lowest BCUT2D eigenvalue weighted by molar-refractivity contribution is 0.266. The first-order chi connectivity index (χ1) is 6.86. The molecule has 0 saturated carbocycles. The summed E-state index contributed by atoms with van der Waals surface area (Å²) in [7, 11) is 0. The topological polar surface area (TPSA) is 76.4 Å². The molecule has 0 radical (unpaired) electrons. The van der Waals surface area contributed by atoms with Crippen LogP contribution in [0.5, 0.6) is 0 Å². The smallest absolute Gasteiger partial charge is 0.0881 e. The maximum absolute atomic E-state index is 9.13. The maximum atomic E-state index is 9.13. The number of nitrogens with two attached hydrogens (primary N) is 1. The van der Waals surface area contributed by atoms with Crippen LogP contribution in [0.1, 0.15) is 11.6 Å². The molecule has 2 aromatic rings. The third-order valence-electron chi connectivity index (χ3n) is 2.25. The highest BCUT2D eigenvalue weighted by molar-refractivity contribution is 5.51. The quantitative estimate of drug-likeness (QED) is 0.704. The van der Waals surface area contributed by atoms with Crippen LogP contribution in [0, 0.1) is 0 Å². The van der Waals surface area contributed by atoms with Crippen LogP contribution in [0.25, 0.3) is 5.52 Å². The largest absolute Gasteiger partial charge is 0.396 e. The van der Waals surface area contributed by atoms with Gasteiger partial charge in [-0.3, -0.25) is 4.98 Å². The van der Waals surface area contributed by atoms with E-state index in [1.165, 1.54) is 0 Å². The molecule has 0 aromatic carbocycles. The summed E-state index contributed by atoms with van der Waals surface area (Å²) in [6, 6.07) is 1.86. The van der Waals surface area contributed by atoms with Crippen molar-refractivity contribution in [1.29, 1.82) is 0 Å². The summed E-state index contributed by atoms with van der Waals surface area (Å²) >= 11 is 0. The molecule has 0 spiro atoms. The van der Waals surface area contributed by atoms with Crippen LogP contribution >= 0.6 is 0 Å². The van der Waals surface area contributed by atoms with Crippen molar-refractivity contribution < 1.29 is 5.11 Å². The third kappa shape index (κ3) is 1.36. The lowest BCUT2D eigenvalue weighted by Gasteiger charge is -2.11. The van der Waals surface area contributed by atoms with E-state index >= 15 is 0 Å². The molecule has 0 aliphatic heterocycles. The number of hydrogen-bond acceptors (Lipinski definition) is 4. The molecule has 0 saturated heterocycles. The first-order valence-electron chi connectivity index (χ1n) is 4.46. The summed E-state index contributed by atoms with van der Waals surface area (Å²) in [5, 5.41) is 13.2. The van der Waals surface area contributed by atoms with E-state index in [2.05, 4.69) is 10.1 Å². The molecule has 5 heteroatoms. The molecular formula is C9H12N4O. The number of aliphatic hydroxyl groups excluding tert-OH is 1. The molecule has 0 amide bonds. The monoisotopic (exact) mass is 192 g/mol. The molecule has 5 nitrogen and oxygen atoms in total. The first kappa shape index (κ1) is 9.11.